The summed E-state index contributed by atoms with van der Waals surface area (Å²) in [4.78, 5) is 17.6. The number of rotatable bonds is 9. The third-order valence-corrected chi connectivity index (χ3v) is 8.26. The number of amides is 1. The molecule has 2 aromatic carbocycles. The minimum absolute atomic E-state index is 0.147. The Balaban J connectivity index is 1.37. The lowest BCUT2D eigenvalue weighted by Crippen LogP contribution is -2.43. The largest absolute Gasteiger partial charge is 0.494 e. The summed E-state index contributed by atoms with van der Waals surface area (Å²) in [6.45, 7) is 8.75. The van der Waals surface area contributed by atoms with E-state index in [0.29, 0.717) is 55.6 Å². The van der Waals surface area contributed by atoms with Crippen LogP contribution in [0.25, 0.3) is 0 Å². The van der Waals surface area contributed by atoms with E-state index in [0.717, 1.165) is 11.1 Å². The summed E-state index contributed by atoms with van der Waals surface area (Å²) >= 11 is 0. The van der Waals surface area contributed by atoms with Crippen LogP contribution >= 0.6 is 0 Å². The van der Waals surface area contributed by atoms with Gasteiger partial charge in [-0.25, -0.2) is 8.42 Å². The molecule has 1 amide bonds. The van der Waals surface area contributed by atoms with E-state index in [1.54, 1.807) is 18.2 Å². The van der Waals surface area contributed by atoms with Crippen LogP contribution in [0.3, 0.4) is 0 Å². The first-order valence-electron chi connectivity index (χ1n) is 12.6. The van der Waals surface area contributed by atoms with Crippen molar-refractivity contribution in [3.63, 3.8) is 0 Å². The van der Waals surface area contributed by atoms with Gasteiger partial charge < -0.3 is 14.6 Å². The summed E-state index contributed by atoms with van der Waals surface area (Å²) in [6, 6.07) is 12.4. The number of carbonyl (C=O) groups is 1. The van der Waals surface area contributed by atoms with E-state index in [1.165, 1.54) is 4.31 Å². The molecule has 2 heterocycles. The van der Waals surface area contributed by atoms with Gasteiger partial charge in [0.05, 0.1) is 17.4 Å². The minimum Gasteiger partial charge on any atom is -0.494 e. The Morgan fingerprint density at radius 2 is 1.97 bits per heavy atom. The number of nitrogens with one attached hydrogen (secondary N) is 1. The number of hydrogen-bond acceptors (Lipinski definition) is 7. The van der Waals surface area contributed by atoms with Crippen molar-refractivity contribution in [3.05, 3.63) is 65.3 Å². The van der Waals surface area contributed by atoms with Crippen LogP contribution in [0.2, 0.25) is 0 Å². The van der Waals surface area contributed by atoms with Gasteiger partial charge in [-0.05, 0) is 68.1 Å². The fourth-order valence-corrected chi connectivity index (χ4v) is 5.94. The monoisotopic (exact) mass is 526 g/mol. The maximum Gasteiger partial charge on any atom is 0.243 e. The molecule has 1 aliphatic heterocycles. The van der Waals surface area contributed by atoms with Crippen LogP contribution in [0, 0.1) is 12.8 Å². The Bertz CT molecular complexity index is 1340. The molecule has 0 spiro atoms. The predicted molar refractivity (Wildman–Crippen MR) is 140 cm³/mol. The van der Waals surface area contributed by atoms with E-state index in [1.807, 2.05) is 52.0 Å². The van der Waals surface area contributed by atoms with Crippen molar-refractivity contribution in [3.8, 4) is 5.75 Å². The van der Waals surface area contributed by atoms with Gasteiger partial charge in [-0.3, -0.25) is 4.79 Å². The summed E-state index contributed by atoms with van der Waals surface area (Å²) in [6.07, 6.45) is 1.79. The molecule has 9 nitrogen and oxygen atoms in total. The Hall–Kier alpha value is -3.24. The van der Waals surface area contributed by atoms with Gasteiger partial charge in [0.2, 0.25) is 21.8 Å². The van der Waals surface area contributed by atoms with Crippen molar-refractivity contribution in [1.29, 1.82) is 0 Å². The average Bonchev–Trinajstić information content (AvgIpc) is 3.35. The Labute approximate surface area is 218 Å². The van der Waals surface area contributed by atoms with Gasteiger partial charge in [-0.2, -0.15) is 9.29 Å². The highest BCUT2D eigenvalue weighted by Gasteiger charge is 2.33. The van der Waals surface area contributed by atoms with Crippen molar-refractivity contribution >= 4 is 21.6 Å². The first-order chi connectivity index (χ1) is 17.7. The molecule has 198 valence electrons. The smallest absolute Gasteiger partial charge is 0.243 e. The number of piperidine rings is 1. The predicted octanol–water partition coefficient (Wildman–Crippen LogP) is 4.53. The lowest BCUT2D eigenvalue weighted by molar-refractivity contribution is -0.120. The number of hydrogen-bond donors (Lipinski definition) is 1. The van der Waals surface area contributed by atoms with Gasteiger partial charge in [0.1, 0.15) is 5.75 Å². The molecule has 1 N–H and O–H groups in total. The lowest BCUT2D eigenvalue weighted by atomic mass is 9.98. The third kappa shape index (κ3) is 6.37. The van der Waals surface area contributed by atoms with Crippen LogP contribution < -0.4 is 10.1 Å². The van der Waals surface area contributed by atoms with E-state index in [-0.39, 0.29) is 23.3 Å². The van der Waals surface area contributed by atoms with Gasteiger partial charge >= 0.3 is 0 Å². The zero-order valence-electron chi connectivity index (χ0n) is 21.7. The van der Waals surface area contributed by atoms with E-state index in [2.05, 4.69) is 15.5 Å². The Kier molecular flexibility index (Phi) is 8.29. The van der Waals surface area contributed by atoms with E-state index < -0.39 is 15.9 Å². The first kappa shape index (κ1) is 26.8. The molecule has 0 bridgehead atoms. The second-order valence-corrected chi connectivity index (χ2v) is 11.6. The molecule has 10 heteroatoms. The quantitative estimate of drug-likeness (QED) is 0.436. The number of sulfonamides is 1. The maximum atomic E-state index is 13.3. The van der Waals surface area contributed by atoms with Crippen LogP contribution in [0.15, 0.2) is 51.9 Å². The van der Waals surface area contributed by atoms with E-state index in [4.69, 9.17) is 9.26 Å². The number of aromatic nitrogens is 2. The first-order valence-corrected chi connectivity index (χ1v) is 14.1. The summed E-state index contributed by atoms with van der Waals surface area (Å²) in [5, 5.41) is 6.95. The molecular formula is C27H34N4O5S. The lowest BCUT2D eigenvalue weighted by Gasteiger charge is -2.31. The highest BCUT2D eigenvalue weighted by atomic mass is 32.2. The molecule has 1 saturated heterocycles. The molecular weight excluding hydrogens is 492 g/mol. The normalized spacial score (nSPS) is 16.6. The minimum atomic E-state index is -3.72. The summed E-state index contributed by atoms with van der Waals surface area (Å²) in [5.74, 6) is 1.46. The van der Waals surface area contributed by atoms with E-state index in [9.17, 15) is 13.2 Å². The van der Waals surface area contributed by atoms with E-state index >= 15 is 0 Å². The topological polar surface area (TPSA) is 115 Å². The van der Waals surface area contributed by atoms with Crippen molar-refractivity contribution in [2.75, 3.05) is 25.0 Å². The highest BCUT2D eigenvalue weighted by molar-refractivity contribution is 7.89. The molecule has 0 saturated carbocycles. The molecule has 0 unspecified atom stereocenters. The molecule has 1 atom stereocenters. The number of anilines is 1. The maximum absolute atomic E-state index is 13.3. The van der Waals surface area contributed by atoms with Crippen LogP contribution in [-0.4, -0.2) is 48.5 Å². The van der Waals surface area contributed by atoms with Gasteiger partial charge in [-0.15, -0.1) is 0 Å². The highest BCUT2D eigenvalue weighted by Crippen LogP contribution is 2.28. The Morgan fingerprint density at radius 1 is 1.22 bits per heavy atom. The summed E-state index contributed by atoms with van der Waals surface area (Å²) < 4.78 is 38.8. The molecule has 1 fully saturated rings. The second-order valence-electron chi connectivity index (χ2n) is 9.63. The van der Waals surface area contributed by atoms with Crippen molar-refractivity contribution in [2.24, 2.45) is 5.92 Å². The van der Waals surface area contributed by atoms with Crippen LogP contribution in [0.5, 0.6) is 5.75 Å². The number of benzene rings is 2. The second kappa shape index (κ2) is 11.4. The molecule has 3 aromatic rings. The Morgan fingerprint density at radius 3 is 2.62 bits per heavy atom. The van der Waals surface area contributed by atoms with Gasteiger partial charge in [0, 0.05) is 31.1 Å². The number of ether oxygens (including phenoxy) is 1. The molecule has 1 aromatic heterocycles. The van der Waals surface area contributed by atoms with Gasteiger partial charge in [0.15, 0.2) is 5.82 Å². The zero-order chi connectivity index (χ0) is 26.6. The van der Waals surface area contributed by atoms with Crippen LogP contribution in [0.1, 0.15) is 62.4 Å². The molecule has 37 heavy (non-hydrogen) atoms. The fraction of sp³-hybridized carbons (Fsp3) is 0.444. The van der Waals surface area contributed by atoms with Gasteiger partial charge in [0.25, 0.3) is 0 Å². The summed E-state index contributed by atoms with van der Waals surface area (Å²) in [7, 11) is -3.72. The third-order valence-electron chi connectivity index (χ3n) is 6.40. The van der Waals surface area contributed by atoms with Crippen LogP contribution in [-0.2, 0) is 21.2 Å². The zero-order valence-corrected chi connectivity index (χ0v) is 22.5. The van der Waals surface area contributed by atoms with Crippen molar-refractivity contribution in [2.45, 2.75) is 57.8 Å². The SMILES string of the molecule is CCOc1ccc(S(=O)(=O)N2CCC[C@H](C(=O)Nc3ccc(Cc4noc(C(C)C)n4)cc3)C2)cc1C. The van der Waals surface area contributed by atoms with Gasteiger partial charge in [-0.1, -0.05) is 31.1 Å². The number of aryl methyl sites for hydroxylation is 1. The van der Waals surface area contributed by atoms with Crippen molar-refractivity contribution < 1.29 is 22.5 Å². The molecule has 4 rings (SSSR count). The van der Waals surface area contributed by atoms with Crippen molar-refractivity contribution in [1.82, 2.24) is 14.4 Å². The number of nitrogens with zero attached hydrogens (tertiary/aromatic N) is 3. The molecule has 1 aliphatic rings. The van der Waals surface area contributed by atoms with Crippen LogP contribution in [0.4, 0.5) is 5.69 Å². The number of carbonyl (C=O) groups excluding carboxylic acids is 1. The standard InChI is InChI=1S/C27H34N4O5S/c1-5-35-24-13-12-23(15-19(24)4)37(33,34)31-14-6-7-21(17-31)26(32)28-22-10-8-20(9-11-22)16-25-29-27(18(2)3)36-30-25/h8-13,15,18,21H,5-7,14,16-17H2,1-4H3,(H,28,32)/t21-/m0/s1. The summed E-state index contributed by atoms with van der Waals surface area (Å²) in [5.41, 5.74) is 2.42. The molecule has 0 radical (unpaired) electrons. The average molecular weight is 527 g/mol. The fourth-order valence-electron chi connectivity index (χ4n) is 4.33. The molecule has 0 aliphatic carbocycles.